The highest BCUT2D eigenvalue weighted by atomic mass is 32.2. The molecule has 0 fully saturated rings. The first kappa shape index (κ1) is 24.2. The van der Waals surface area contributed by atoms with E-state index in [1.807, 2.05) is 68.4 Å². The number of ether oxygens (including phenoxy) is 1. The Labute approximate surface area is 189 Å². The molecule has 0 amide bonds. The molecule has 0 bridgehead atoms. The van der Waals surface area contributed by atoms with Crippen LogP contribution < -0.4 is 5.73 Å². The minimum Gasteiger partial charge on any atom is -0.465 e. The maximum Gasteiger partial charge on any atom is 0.316 e. The van der Waals surface area contributed by atoms with Crippen molar-refractivity contribution in [3.05, 3.63) is 108 Å². The Hall–Kier alpha value is -3.07. The van der Waals surface area contributed by atoms with Gasteiger partial charge in [-0.25, -0.2) is 0 Å². The monoisotopic (exact) mass is 432 g/mol. The van der Waals surface area contributed by atoms with Gasteiger partial charge in [0.1, 0.15) is 11.2 Å². The topological polar surface area (TPSA) is 76.1 Å². The number of thioether (sulfide) groups is 1. The van der Waals surface area contributed by atoms with Crippen LogP contribution in [0.5, 0.6) is 0 Å². The zero-order valence-corrected chi connectivity index (χ0v) is 18.7. The second kappa shape index (κ2) is 12.6. The van der Waals surface area contributed by atoms with Crippen LogP contribution in [0.2, 0.25) is 0 Å². The molecule has 4 nitrogen and oxygen atoms in total. The first-order valence-electron chi connectivity index (χ1n) is 10.1. The number of rotatable bonds is 7. The van der Waals surface area contributed by atoms with Crippen molar-refractivity contribution in [2.45, 2.75) is 19.4 Å². The summed E-state index contributed by atoms with van der Waals surface area (Å²) in [6.07, 6.45) is 0. The second-order valence-corrected chi connectivity index (χ2v) is 8.12. The van der Waals surface area contributed by atoms with Gasteiger partial charge in [0.25, 0.3) is 0 Å². The Morgan fingerprint density at radius 2 is 1.29 bits per heavy atom. The molecule has 3 rings (SSSR count). The molecule has 0 aliphatic heterocycles. The van der Waals surface area contributed by atoms with Gasteiger partial charge in [-0.05, 0) is 34.4 Å². The van der Waals surface area contributed by atoms with Gasteiger partial charge >= 0.3 is 5.97 Å². The fourth-order valence-electron chi connectivity index (χ4n) is 3.00. The third-order valence-corrected chi connectivity index (χ3v) is 5.03. The van der Waals surface area contributed by atoms with Crippen molar-refractivity contribution < 1.29 is 9.53 Å². The normalized spacial score (nSPS) is 10.5. The van der Waals surface area contributed by atoms with Gasteiger partial charge in [0, 0.05) is 0 Å². The smallest absolute Gasteiger partial charge is 0.316 e. The molecule has 0 aliphatic rings. The highest BCUT2D eigenvalue weighted by molar-refractivity contribution is 8.04. The number of hydrogen-bond donors (Lipinski definition) is 1. The Balaban J connectivity index is 0.000000267. The van der Waals surface area contributed by atoms with E-state index in [9.17, 15) is 4.79 Å². The summed E-state index contributed by atoms with van der Waals surface area (Å²) in [6, 6.07) is 30.7. The van der Waals surface area contributed by atoms with Crippen LogP contribution in [0.3, 0.4) is 0 Å². The number of benzene rings is 3. The largest absolute Gasteiger partial charge is 0.465 e. The van der Waals surface area contributed by atoms with Gasteiger partial charge < -0.3 is 10.5 Å². The fraction of sp³-hybridized carbons (Fsp3) is 0.231. The molecule has 31 heavy (non-hydrogen) atoms. The maximum absolute atomic E-state index is 10.7. The number of thiocyanates is 1. The Bertz CT molecular complexity index is 858. The summed E-state index contributed by atoms with van der Waals surface area (Å²) in [5, 5.41) is 9.90. The molecule has 3 aromatic carbocycles. The predicted molar refractivity (Wildman–Crippen MR) is 127 cm³/mol. The van der Waals surface area contributed by atoms with Gasteiger partial charge in [-0.15, -0.1) is 0 Å². The van der Waals surface area contributed by atoms with Crippen LogP contribution in [-0.4, -0.2) is 18.3 Å². The summed E-state index contributed by atoms with van der Waals surface area (Å²) >= 11 is 0.899. The predicted octanol–water partition coefficient (Wildman–Crippen LogP) is 5.34. The summed E-state index contributed by atoms with van der Waals surface area (Å²) in [5.74, 6) is 0.166. The number of nitrogens with zero attached hydrogens (tertiary/aromatic N) is 1. The first-order valence-corrected chi connectivity index (χ1v) is 11.1. The average molecular weight is 433 g/mol. The second-order valence-electron chi connectivity index (χ2n) is 7.36. The maximum atomic E-state index is 10.7. The zero-order valence-electron chi connectivity index (χ0n) is 17.9. The Kier molecular flexibility index (Phi) is 9.83. The van der Waals surface area contributed by atoms with E-state index in [1.165, 1.54) is 0 Å². The lowest BCUT2D eigenvalue weighted by Crippen LogP contribution is -2.39. The molecule has 0 saturated carbocycles. The van der Waals surface area contributed by atoms with E-state index in [0.29, 0.717) is 12.5 Å². The molecule has 2 N–H and O–H groups in total. The van der Waals surface area contributed by atoms with Crippen LogP contribution in [0.4, 0.5) is 0 Å². The van der Waals surface area contributed by atoms with E-state index in [4.69, 9.17) is 15.7 Å². The van der Waals surface area contributed by atoms with E-state index in [0.717, 1.165) is 28.5 Å². The highest BCUT2D eigenvalue weighted by Gasteiger charge is 2.31. The molecular formula is C26H28N2O2S. The van der Waals surface area contributed by atoms with Crippen LogP contribution >= 0.6 is 11.8 Å². The van der Waals surface area contributed by atoms with Crippen LogP contribution in [0.15, 0.2) is 91.0 Å². The van der Waals surface area contributed by atoms with Crippen molar-refractivity contribution in [3.63, 3.8) is 0 Å². The van der Waals surface area contributed by atoms with Crippen LogP contribution in [0.25, 0.3) is 0 Å². The minimum atomic E-state index is -0.621. The fourth-order valence-corrected chi connectivity index (χ4v) is 3.26. The van der Waals surface area contributed by atoms with Crippen LogP contribution in [-0.2, 0) is 15.1 Å². The van der Waals surface area contributed by atoms with Crippen LogP contribution in [0, 0.1) is 16.6 Å². The third kappa shape index (κ3) is 7.29. The average Bonchev–Trinajstić information content (AvgIpc) is 2.83. The number of esters is 1. The van der Waals surface area contributed by atoms with Gasteiger partial charge in [0.2, 0.25) is 0 Å². The van der Waals surface area contributed by atoms with Gasteiger partial charge in [0.15, 0.2) is 0 Å². The van der Waals surface area contributed by atoms with Crippen molar-refractivity contribution >= 4 is 17.7 Å². The molecule has 0 radical (unpaired) electrons. The number of carbonyl (C=O) groups is 1. The Morgan fingerprint density at radius 1 is 0.903 bits per heavy atom. The molecule has 0 unspecified atom stereocenters. The standard InChI is InChI=1S/C19H17N.C7H11NO2S/c20-19(16-10-4-1-5-11-16,17-12-6-2-7-13-17)18-14-8-3-9-15-18;1-6(2)3-10-7(9)4-11-5-8/h1-15H,20H2;6H,3-4H2,1-2H3. The Morgan fingerprint density at radius 3 is 1.61 bits per heavy atom. The van der Waals surface area contributed by atoms with E-state index in [2.05, 4.69) is 36.4 Å². The minimum absolute atomic E-state index is 0.128. The van der Waals surface area contributed by atoms with Gasteiger partial charge in [-0.3, -0.25) is 4.79 Å². The molecule has 0 atom stereocenters. The van der Waals surface area contributed by atoms with Gasteiger partial charge in [-0.1, -0.05) is 105 Å². The van der Waals surface area contributed by atoms with Gasteiger partial charge in [0.05, 0.1) is 12.1 Å². The molecule has 0 saturated heterocycles. The van der Waals surface area contributed by atoms with E-state index in [1.54, 1.807) is 5.40 Å². The lowest BCUT2D eigenvalue weighted by molar-refractivity contribution is -0.141. The van der Waals surface area contributed by atoms with Gasteiger partial charge in [-0.2, -0.15) is 5.26 Å². The van der Waals surface area contributed by atoms with E-state index in [-0.39, 0.29) is 11.7 Å². The first-order chi connectivity index (χ1) is 15.0. The molecule has 160 valence electrons. The molecule has 3 aromatic rings. The summed E-state index contributed by atoms with van der Waals surface area (Å²) in [4.78, 5) is 10.7. The molecule has 0 spiro atoms. The highest BCUT2D eigenvalue weighted by Crippen LogP contribution is 2.33. The molecule has 0 aliphatic carbocycles. The van der Waals surface area contributed by atoms with E-state index < -0.39 is 5.54 Å². The number of hydrogen-bond acceptors (Lipinski definition) is 5. The molecule has 0 aromatic heterocycles. The summed E-state index contributed by atoms with van der Waals surface area (Å²) < 4.78 is 4.79. The summed E-state index contributed by atoms with van der Waals surface area (Å²) in [7, 11) is 0. The van der Waals surface area contributed by atoms with Crippen molar-refractivity contribution in [2.24, 2.45) is 11.7 Å². The number of carbonyl (C=O) groups excluding carboxylic acids is 1. The summed E-state index contributed by atoms with van der Waals surface area (Å²) in [5.41, 5.74) is 9.53. The number of nitriles is 1. The lowest BCUT2D eigenvalue weighted by atomic mass is 9.78. The van der Waals surface area contributed by atoms with Crippen molar-refractivity contribution in [3.8, 4) is 5.40 Å². The molecule has 5 heteroatoms. The van der Waals surface area contributed by atoms with Crippen molar-refractivity contribution in [1.29, 1.82) is 5.26 Å². The van der Waals surface area contributed by atoms with Crippen LogP contribution in [0.1, 0.15) is 30.5 Å². The number of nitrogens with two attached hydrogens (primary N) is 1. The quantitative estimate of drug-likeness (QED) is 0.310. The van der Waals surface area contributed by atoms with E-state index >= 15 is 0 Å². The van der Waals surface area contributed by atoms with Crippen molar-refractivity contribution in [1.82, 2.24) is 0 Å². The van der Waals surface area contributed by atoms with Crippen molar-refractivity contribution in [2.75, 3.05) is 12.4 Å². The summed E-state index contributed by atoms with van der Waals surface area (Å²) in [6.45, 7) is 4.36. The lowest BCUT2D eigenvalue weighted by Gasteiger charge is -2.31. The molecule has 0 heterocycles. The molecular weight excluding hydrogens is 404 g/mol. The zero-order chi connectivity index (χ0) is 22.5. The SMILES string of the molecule is CC(C)COC(=O)CSC#N.NC(c1ccccc1)(c1ccccc1)c1ccccc1. The third-order valence-electron chi connectivity index (χ3n) is 4.52.